The summed E-state index contributed by atoms with van der Waals surface area (Å²) in [5.41, 5.74) is 4.75. The Hall–Kier alpha value is -3.00. The van der Waals surface area contributed by atoms with Crippen LogP contribution in [-0.2, 0) is 19.4 Å². The van der Waals surface area contributed by atoms with Crippen molar-refractivity contribution < 1.29 is 22.7 Å². The van der Waals surface area contributed by atoms with Gasteiger partial charge in [0.1, 0.15) is 12.0 Å². The maximum Gasteiger partial charge on any atom is 0.315 e. The molecule has 8 rings (SSSR count). The van der Waals surface area contributed by atoms with E-state index in [-0.39, 0.29) is 39.8 Å². The Labute approximate surface area is 367 Å². The summed E-state index contributed by atoms with van der Waals surface area (Å²) in [4.78, 5) is 20.3. The molecule has 61 heavy (non-hydrogen) atoms. The van der Waals surface area contributed by atoms with Crippen molar-refractivity contribution in [1.29, 1.82) is 5.26 Å². The molecule has 0 amide bonds. The molecule has 0 unspecified atom stereocenters. The first kappa shape index (κ1) is 44.6. The first-order chi connectivity index (χ1) is 28.9. The predicted octanol–water partition coefficient (Wildman–Crippen LogP) is 9.26. The fourth-order valence-electron chi connectivity index (χ4n) is 15.6. The molecule has 1 saturated heterocycles. The summed E-state index contributed by atoms with van der Waals surface area (Å²) in [5.74, 6) is 3.74. The van der Waals surface area contributed by atoms with Crippen molar-refractivity contribution in [3.8, 4) is 11.9 Å². The van der Waals surface area contributed by atoms with Crippen LogP contribution in [0.3, 0.4) is 0 Å². The molecule has 2 heterocycles. The normalized spacial score (nSPS) is 40.1. The third-order valence-electron chi connectivity index (χ3n) is 19.0. The second kappa shape index (κ2) is 16.2. The van der Waals surface area contributed by atoms with Gasteiger partial charge in [-0.25, -0.2) is 13.4 Å². The monoisotopic (exact) mass is 855 g/mol. The lowest BCUT2D eigenvalue weighted by molar-refractivity contribution is -0.221. The van der Waals surface area contributed by atoms with E-state index in [2.05, 4.69) is 81.5 Å². The molecule has 334 valence electrons. The molecule has 0 radical (unpaired) electrons. The van der Waals surface area contributed by atoms with Gasteiger partial charge in [-0.05, 0) is 159 Å². The first-order valence-electron chi connectivity index (χ1n) is 23.8. The number of ether oxygens (including phenoxy) is 2. The summed E-state index contributed by atoms with van der Waals surface area (Å²) in [5, 5.41) is 13.6. The number of rotatable bonds is 11. The number of allylic oxidation sites excluding steroid dienone is 5. The first-order valence-corrected chi connectivity index (χ1v) is 25.6. The van der Waals surface area contributed by atoms with Crippen LogP contribution < -0.4 is 10.1 Å². The summed E-state index contributed by atoms with van der Waals surface area (Å²) in [6.07, 6.45) is 19.6. The van der Waals surface area contributed by atoms with E-state index in [1.54, 1.807) is 18.3 Å². The minimum atomic E-state index is -2.88. The van der Waals surface area contributed by atoms with Crippen LogP contribution in [0.5, 0.6) is 5.88 Å². The number of nitriles is 1. The topological polar surface area (TPSA) is 122 Å². The van der Waals surface area contributed by atoms with Crippen LogP contribution in [0.4, 0.5) is 0 Å². The van der Waals surface area contributed by atoms with Crippen molar-refractivity contribution in [2.75, 3.05) is 50.9 Å². The van der Waals surface area contributed by atoms with Gasteiger partial charge in [-0.1, -0.05) is 58.9 Å². The highest BCUT2D eigenvalue weighted by Crippen LogP contribution is 2.76. The molecule has 1 N–H and O–H groups in total. The summed E-state index contributed by atoms with van der Waals surface area (Å²) >= 11 is 0. The third kappa shape index (κ3) is 7.46. The Morgan fingerprint density at radius 3 is 2.44 bits per heavy atom. The number of fused-ring (bicyclic) bond motifs is 7. The number of hydrogen-bond acceptors (Lipinski definition) is 9. The number of carbonyl (C=O) groups is 1. The summed E-state index contributed by atoms with van der Waals surface area (Å²) < 4.78 is 36.0. The van der Waals surface area contributed by atoms with Crippen LogP contribution in [-0.4, -0.2) is 80.7 Å². The molecule has 10 atom stereocenters. The standard InChI is InChI=1S/C51H74N4O5S/c1-9-59-45(56)50(34-60-43-32-36(33-52)17-25-53-43)20-12-37(13-21-50)39-15-18-47(6)41(46(39,4)5)16-19-49(8)42(47)11-10-40-44-38(35(2)3)14-22-51(44,24-23-48(40,49)7)54-26-27-55-28-30-61(57,58)31-29-55/h12,15,17,25,32,38,40-42,44,54H,2,9-11,13-14,16,18-24,26-31,34H2,1,3-8H3/t38-,40+,41-,42+,44+,47-,48+,49+,50+,51-/m0/s1. The molecule has 1 aromatic rings. The van der Waals surface area contributed by atoms with Gasteiger partial charge in [0.2, 0.25) is 5.88 Å². The van der Waals surface area contributed by atoms with Gasteiger partial charge in [0, 0.05) is 44.0 Å². The van der Waals surface area contributed by atoms with E-state index in [0.717, 1.165) is 25.9 Å². The van der Waals surface area contributed by atoms with E-state index in [1.807, 2.05) is 6.92 Å². The van der Waals surface area contributed by atoms with E-state index >= 15 is 0 Å². The molecule has 0 aromatic carbocycles. The largest absolute Gasteiger partial charge is 0.476 e. The average molecular weight is 855 g/mol. The van der Waals surface area contributed by atoms with Crippen molar-refractivity contribution in [3.63, 3.8) is 0 Å². The van der Waals surface area contributed by atoms with Gasteiger partial charge in [-0.2, -0.15) is 5.26 Å². The van der Waals surface area contributed by atoms with Crippen LogP contribution in [0.1, 0.15) is 131 Å². The van der Waals surface area contributed by atoms with E-state index in [1.165, 1.54) is 68.1 Å². The van der Waals surface area contributed by atoms with E-state index in [9.17, 15) is 18.5 Å². The number of pyridine rings is 1. The van der Waals surface area contributed by atoms with Gasteiger partial charge >= 0.3 is 5.97 Å². The van der Waals surface area contributed by atoms with Crippen LogP contribution in [0.2, 0.25) is 0 Å². The minimum Gasteiger partial charge on any atom is -0.476 e. The van der Waals surface area contributed by atoms with Gasteiger partial charge in [0.25, 0.3) is 0 Å². The third-order valence-corrected chi connectivity index (χ3v) is 20.6. The highest BCUT2D eigenvalue weighted by atomic mass is 32.2. The quantitative estimate of drug-likeness (QED) is 0.172. The highest BCUT2D eigenvalue weighted by Gasteiger charge is 2.70. The SMILES string of the molecule is C=C(C)[C@@H]1CC[C@]2(NCCN3CCS(=O)(=O)CC3)CC[C@]3(C)[C@H](CC[C@@H]4[C@@]5(C)CC=C(C6=CC[C@@](COc7cc(C#N)ccn7)(C(=O)OCC)CC6)C(C)(C)[C@@H]5CC[C@]43C)[C@@H]12. The Morgan fingerprint density at radius 2 is 1.75 bits per heavy atom. The van der Waals surface area contributed by atoms with Gasteiger partial charge in [0.15, 0.2) is 9.84 Å². The fourth-order valence-corrected chi connectivity index (χ4v) is 16.9. The van der Waals surface area contributed by atoms with Crippen LogP contribution >= 0.6 is 0 Å². The van der Waals surface area contributed by atoms with E-state index < -0.39 is 15.3 Å². The molecule has 9 nitrogen and oxygen atoms in total. The van der Waals surface area contributed by atoms with Gasteiger partial charge in [-0.3, -0.25) is 4.79 Å². The van der Waals surface area contributed by atoms with Crippen molar-refractivity contribution in [3.05, 3.63) is 59.3 Å². The Morgan fingerprint density at radius 1 is 0.984 bits per heavy atom. The number of carbonyl (C=O) groups excluding carboxylic acids is 1. The van der Waals surface area contributed by atoms with E-state index in [0.29, 0.717) is 85.1 Å². The molecule has 6 aliphatic carbocycles. The van der Waals surface area contributed by atoms with Crippen molar-refractivity contribution in [1.82, 2.24) is 15.2 Å². The molecule has 0 spiro atoms. The molecule has 0 bridgehead atoms. The summed E-state index contributed by atoms with van der Waals surface area (Å²) in [6, 6.07) is 5.42. The summed E-state index contributed by atoms with van der Waals surface area (Å²) in [6.45, 7) is 25.5. The lowest BCUT2D eigenvalue weighted by atomic mass is 9.33. The van der Waals surface area contributed by atoms with Crippen molar-refractivity contribution >= 4 is 15.8 Å². The molecule has 10 heteroatoms. The second-order valence-corrected chi connectivity index (χ2v) is 24.3. The van der Waals surface area contributed by atoms with Crippen LogP contribution in [0, 0.1) is 68.0 Å². The Kier molecular flexibility index (Phi) is 11.9. The zero-order chi connectivity index (χ0) is 43.6. The van der Waals surface area contributed by atoms with Gasteiger partial charge in [0.05, 0.1) is 29.7 Å². The maximum atomic E-state index is 13.6. The van der Waals surface area contributed by atoms with E-state index in [4.69, 9.17) is 9.47 Å². The predicted molar refractivity (Wildman–Crippen MR) is 241 cm³/mol. The van der Waals surface area contributed by atoms with Crippen LogP contribution in [0.25, 0.3) is 0 Å². The Balaban J connectivity index is 1.01. The molecule has 1 aromatic heterocycles. The average Bonchev–Trinajstić information content (AvgIpc) is 3.61. The lowest BCUT2D eigenvalue weighted by Gasteiger charge is -2.72. The number of nitrogens with zero attached hydrogens (tertiary/aromatic N) is 3. The fraction of sp³-hybridized carbons (Fsp3) is 0.745. The number of nitrogens with one attached hydrogen (secondary N) is 1. The second-order valence-electron chi connectivity index (χ2n) is 22.0. The number of aromatic nitrogens is 1. The van der Waals surface area contributed by atoms with Gasteiger partial charge < -0.3 is 19.7 Å². The minimum absolute atomic E-state index is 0.000675. The number of sulfone groups is 1. The molecular formula is C51H74N4O5S. The molecule has 1 aliphatic heterocycles. The molecule has 4 saturated carbocycles. The maximum absolute atomic E-state index is 13.6. The highest BCUT2D eigenvalue weighted by molar-refractivity contribution is 7.91. The number of esters is 1. The molecular weight excluding hydrogens is 781 g/mol. The lowest BCUT2D eigenvalue weighted by Crippen LogP contribution is -2.68. The molecule has 7 aliphatic rings. The van der Waals surface area contributed by atoms with Crippen molar-refractivity contribution in [2.24, 2.45) is 56.7 Å². The molecule has 5 fully saturated rings. The smallest absolute Gasteiger partial charge is 0.315 e. The van der Waals surface area contributed by atoms with Crippen molar-refractivity contribution in [2.45, 2.75) is 131 Å². The summed E-state index contributed by atoms with van der Waals surface area (Å²) in [7, 11) is -2.88. The number of hydrogen-bond donors (Lipinski definition) is 1. The Bertz CT molecular complexity index is 2090. The zero-order valence-electron chi connectivity index (χ0n) is 38.4. The zero-order valence-corrected chi connectivity index (χ0v) is 39.2. The van der Waals surface area contributed by atoms with Crippen LogP contribution in [0.15, 0.2) is 53.8 Å². The van der Waals surface area contributed by atoms with Gasteiger partial charge in [-0.15, -0.1) is 0 Å².